The summed E-state index contributed by atoms with van der Waals surface area (Å²) in [5.41, 5.74) is 6.33. The molecule has 3 atom stereocenters. The third-order valence-corrected chi connectivity index (χ3v) is 8.02. The van der Waals surface area contributed by atoms with Gasteiger partial charge in [0.2, 0.25) is 5.91 Å². The highest BCUT2D eigenvalue weighted by Gasteiger charge is 2.43. The second-order valence-corrected chi connectivity index (χ2v) is 11.0. The Hall–Kier alpha value is -2.61. The molecule has 0 bridgehead atoms. The number of benzene rings is 2. The van der Waals surface area contributed by atoms with Gasteiger partial charge in [0.05, 0.1) is 17.4 Å². The lowest BCUT2D eigenvalue weighted by molar-refractivity contribution is -0.117. The number of carbonyl (C=O) groups is 2. The number of anilines is 2. The Labute approximate surface area is 224 Å². The fourth-order valence-electron chi connectivity index (χ4n) is 5.90. The molecule has 2 aromatic rings. The van der Waals surface area contributed by atoms with Crippen LogP contribution in [0.2, 0.25) is 5.02 Å². The summed E-state index contributed by atoms with van der Waals surface area (Å²) in [6.07, 6.45) is 6.83. The summed E-state index contributed by atoms with van der Waals surface area (Å²) in [6, 6.07) is 14.0. The number of nitrogens with one attached hydrogen (secondary N) is 1. The minimum atomic E-state index is -0.473. The molecule has 2 fully saturated rings. The fourth-order valence-corrected chi connectivity index (χ4v) is 6.08. The lowest BCUT2D eigenvalue weighted by Crippen LogP contribution is -2.52. The summed E-state index contributed by atoms with van der Waals surface area (Å²) in [5.74, 6) is 0.677. The quantitative estimate of drug-likeness (QED) is 0.442. The van der Waals surface area contributed by atoms with Gasteiger partial charge in [-0.15, -0.1) is 0 Å². The maximum atomic E-state index is 13.4. The first-order chi connectivity index (χ1) is 17.9. The number of carbonyl (C=O) groups excluding carboxylic acids is 2. The van der Waals surface area contributed by atoms with Gasteiger partial charge in [-0.1, -0.05) is 49.9 Å². The van der Waals surface area contributed by atoms with Crippen molar-refractivity contribution < 1.29 is 14.3 Å². The molecule has 0 spiro atoms. The van der Waals surface area contributed by atoms with E-state index in [-0.39, 0.29) is 11.9 Å². The summed E-state index contributed by atoms with van der Waals surface area (Å²) < 4.78 is 5.72. The summed E-state index contributed by atoms with van der Waals surface area (Å²) in [6.45, 7) is 7.01. The van der Waals surface area contributed by atoms with Crippen LogP contribution in [-0.4, -0.2) is 48.2 Å². The van der Waals surface area contributed by atoms with Crippen molar-refractivity contribution in [2.45, 2.75) is 83.3 Å². The summed E-state index contributed by atoms with van der Waals surface area (Å²) >= 11 is 6.10. The van der Waals surface area contributed by atoms with Crippen LogP contribution in [0.3, 0.4) is 0 Å². The molecule has 198 valence electrons. The van der Waals surface area contributed by atoms with Gasteiger partial charge in [0.15, 0.2) is 0 Å². The van der Waals surface area contributed by atoms with E-state index in [9.17, 15) is 9.59 Å². The first-order valence-electron chi connectivity index (χ1n) is 13.6. The van der Waals surface area contributed by atoms with E-state index in [4.69, 9.17) is 16.3 Å². The molecule has 2 heterocycles. The average Bonchev–Trinajstić information content (AvgIpc) is 3.62. The average molecular weight is 525 g/mol. The zero-order valence-corrected chi connectivity index (χ0v) is 22.7. The second kappa shape index (κ2) is 11.0. The topological polar surface area (TPSA) is 65.1 Å². The molecule has 7 nitrogen and oxygen atoms in total. The normalized spacial score (nSPS) is 23.7. The van der Waals surface area contributed by atoms with Crippen molar-refractivity contribution in [2.24, 2.45) is 0 Å². The third kappa shape index (κ3) is 5.49. The minimum absolute atomic E-state index is 0.0377. The van der Waals surface area contributed by atoms with Gasteiger partial charge in [0, 0.05) is 43.0 Å². The van der Waals surface area contributed by atoms with Crippen molar-refractivity contribution in [1.82, 2.24) is 10.4 Å². The highest BCUT2D eigenvalue weighted by molar-refractivity contribution is 6.30. The monoisotopic (exact) mass is 524 g/mol. The standard InChI is InChI=1S/C29H37ClN4O3/c1-4-5-6-10-26-25(17-31-34(26)23-12-13-23)21-11-14-27-28(15-21)32(18-19(2)33(27)20(3)35)29(36)37-24-9-7-8-22(30)16-24/h7-9,11,14-16,19,23,25-26,31H,4-6,10,12-13,17-18H2,1-3H3/t19-,25?,26?/m0/s1. The first-order valence-corrected chi connectivity index (χ1v) is 14.0. The molecule has 5 rings (SSSR count). The van der Waals surface area contributed by atoms with E-state index in [1.807, 2.05) is 13.0 Å². The van der Waals surface area contributed by atoms with Crippen LogP contribution in [0.4, 0.5) is 16.2 Å². The number of halogens is 1. The molecule has 2 amide bonds. The van der Waals surface area contributed by atoms with Gasteiger partial charge in [-0.25, -0.2) is 9.80 Å². The molecule has 0 aromatic heterocycles. The Bertz CT molecular complexity index is 1150. The molecule has 2 aliphatic heterocycles. The van der Waals surface area contributed by atoms with Crippen LogP contribution in [0.25, 0.3) is 0 Å². The molecular formula is C29H37ClN4O3. The number of fused-ring (bicyclic) bond motifs is 1. The maximum absolute atomic E-state index is 13.4. The SMILES string of the molecule is CCCCCC1C(c2ccc3c(c2)N(C(=O)Oc2cccc(Cl)c2)C[C@H](C)N3C(C)=O)CNN1C1CC1. The third-order valence-electron chi connectivity index (χ3n) is 7.79. The molecule has 1 N–H and O–H groups in total. The lowest BCUT2D eigenvalue weighted by atomic mass is 9.88. The zero-order chi connectivity index (χ0) is 26.1. The molecule has 1 saturated heterocycles. The van der Waals surface area contributed by atoms with E-state index in [1.54, 1.807) is 41.0 Å². The lowest BCUT2D eigenvalue weighted by Gasteiger charge is -2.40. The van der Waals surface area contributed by atoms with Crippen molar-refractivity contribution >= 4 is 35.0 Å². The molecule has 8 heteroatoms. The van der Waals surface area contributed by atoms with Gasteiger partial charge in [-0.2, -0.15) is 0 Å². The smallest absolute Gasteiger partial charge is 0.410 e. The molecule has 37 heavy (non-hydrogen) atoms. The maximum Gasteiger partial charge on any atom is 0.419 e. The van der Waals surface area contributed by atoms with Crippen LogP contribution in [0.1, 0.15) is 70.8 Å². The van der Waals surface area contributed by atoms with E-state index < -0.39 is 6.09 Å². The van der Waals surface area contributed by atoms with E-state index in [0.29, 0.717) is 35.3 Å². The van der Waals surface area contributed by atoms with Crippen molar-refractivity contribution in [3.05, 3.63) is 53.1 Å². The Morgan fingerprint density at radius 2 is 1.92 bits per heavy atom. The minimum Gasteiger partial charge on any atom is -0.410 e. The second-order valence-electron chi connectivity index (χ2n) is 10.6. The number of hydrogen-bond acceptors (Lipinski definition) is 5. The van der Waals surface area contributed by atoms with Crippen LogP contribution in [0, 0.1) is 0 Å². The van der Waals surface area contributed by atoms with Gasteiger partial charge in [0.1, 0.15) is 5.75 Å². The van der Waals surface area contributed by atoms with Crippen molar-refractivity contribution in [3.63, 3.8) is 0 Å². The van der Waals surface area contributed by atoms with Gasteiger partial charge in [-0.05, 0) is 62.1 Å². The van der Waals surface area contributed by atoms with E-state index in [0.717, 1.165) is 24.3 Å². The predicted molar refractivity (Wildman–Crippen MR) is 147 cm³/mol. The summed E-state index contributed by atoms with van der Waals surface area (Å²) in [4.78, 5) is 29.5. The Balaban J connectivity index is 1.47. The number of unbranched alkanes of at least 4 members (excludes halogenated alkanes) is 2. The molecule has 2 unspecified atom stereocenters. The van der Waals surface area contributed by atoms with Crippen LogP contribution in [0.15, 0.2) is 42.5 Å². The summed E-state index contributed by atoms with van der Waals surface area (Å²) in [5, 5.41) is 3.00. The van der Waals surface area contributed by atoms with Gasteiger partial charge < -0.3 is 9.64 Å². The number of rotatable bonds is 7. The van der Waals surface area contributed by atoms with E-state index in [2.05, 4.69) is 29.5 Å². The Kier molecular flexibility index (Phi) is 7.75. The molecule has 1 saturated carbocycles. The first kappa shape index (κ1) is 26.0. The van der Waals surface area contributed by atoms with Crippen LogP contribution in [-0.2, 0) is 4.79 Å². The zero-order valence-electron chi connectivity index (χ0n) is 22.0. The molecule has 3 aliphatic rings. The van der Waals surface area contributed by atoms with Crippen LogP contribution < -0.4 is 20.0 Å². The highest BCUT2D eigenvalue weighted by Crippen LogP contribution is 2.42. The predicted octanol–water partition coefficient (Wildman–Crippen LogP) is 6.12. The Morgan fingerprint density at radius 1 is 1.11 bits per heavy atom. The summed E-state index contributed by atoms with van der Waals surface area (Å²) in [7, 11) is 0. The fraction of sp³-hybridized carbons (Fsp3) is 0.517. The van der Waals surface area contributed by atoms with E-state index in [1.165, 1.54) is 37.7 Å². The number of hydrogen-bond donors (Lipinski definition) is 1. The number of nitrogens with zero attached hydrogens (tertiary/aromatic N) is 3. The number of amides is 2. The number of ether oxygens (including phenoxy) is 1. The molecule has 2 aromatic carbocycles. The molecule has 1 aliphatic carbocycles. The molecule has 0 radical (unpaired) electrons. The van der Waals surface area contributed by atoms with Crippen molar-refractivity contribution in [2.75, 3.05) is 22.9 Å². The largest absolute Gasteiger partial charge is 0.419 e. The van der Waals surface area contributed by atoms with Gasteiger partial charge in [0.25, 0.3) is 0 Å². The van der Waals surface area contributed by atoms with Crippen LogP contribution >= 0.6 is 11.6 Å². The van der Waals surface area contributed by atoms with Crippen molar-refractivity contribution in [3.8, 4) is 5.75 Å². The van der Waals surface area contributed by atoms with Gasteiger partial charge >= 0.3 is 6.09 Å². The van der Waals surface area contributed by atoms with Gasteiger partial charge in [-0.3, -0.25) is 15.1 Å². The van der Waals surface area contributed by atoms with Crippen LogP contribution in [0.5, 0.6) is 5.75 Å². The van der Waals surface area contributed by atoms with Crippen molar-refractivity contribution in [1.29, 1.82) is 0 Å². The highest BCUT2D eigenvalue weighted by atomic mass is 35.5. The molecular weight excluding hydrogens is 488 g/mol. The number of hydrazine groups is 1. The Morgan fingerprint density at radius 3 is 2.62 bits per heavy atom. The van der Waals surface area contributed by atoms with E-state index >= 15 is 0 Å².